The number of halogens is 3. The first-order valence-electron chi connectivity index (χ1n) is 2.59. The quantitative estimate of drug-likeness (QED) is 0.559. The van der Waals surface area contributed by atoms with Gasteiger partial charge < -0.3 is 0 Å². The van der Waals surface area contributed by atoms with E-state index in [9.17, 15) is 4.39 Å². The SMILES string of the molecule is Cc1c(Cl)ncc(F)c1Cl. The van der Waals surface area contributed by atoms with Crippen LogP contribution >= 0.6 is 23.2 Å². The van der Waals surface area contributed by atoms with Crippen LogP contribution in [0.5, 0.6) is 0 Å². The number of pyridine rings is 1. The van der Waals surface area contributed by atoms with Gasteiger partial charge >= 0.3 is 0 Å². The maximum Gasteiger partial charge on any atom is 0.160 e. The summed E-state index contributed by atoms with van der Waals surface area (Å²) in [5.41, 5.74) is 0.475. The fourth-order valence-corrected chi connectivity index (χ4v) is 0.866. The summed E-state index contributed by atoms with van der Waals surface area (Å²) in [4.78, 5) is 3.55. The Morgan fingerprint density at radius 3 is 2.60 bits per heavy atom. The lowest BCUT2D eigenvalue weighted by Gasteiger charge is -1.98. The van der Waals surface area contributed by atoms with Crippen LogP contribution in [0.25, 0.3) is 0 Å². The molecular weight excluding hydrogens is 176 g/mol. The van der Waals surface area contributed by atoms with Crippen molar-refractivity contribution in [1.82, 2.24) is 4.98 Å². The third-order valence-electron chi connectivity index (χ3n) is 1.14. The van der Waals surface area contributed by atoms with Crippen molar-refractivity contribution in [3.05, 3.63) is 27.8 Å². The minimum absolute atomic E-state index is 0.0417. The van der Waals surface area contributed by atoms with E-state index in [1.54, 1.807) is 6.92 Å². The molecule has 0 spiro atoms. The van der Waals surface area contributed by atoms with Crippen molar-refractivity contribution in [1.29, 1.82) is 0 Å². The number of nitrogens with zero attached hydrogens (tertiary/aromatic N) is 1. The van der Waals surface area contributed by atoms with Gasteiger partial charge in [0.2, 0.25) is 0 Å². The molecule has 54 valence electrons. The molecule has 0 saturated carbocycles. The lowest BCUT2D eigenvalue weighted by atomic mass is 10.3. The Morgan fingerprint density at radius 1 is 1.50 bits per heavy atom. The van der Waals surface area contributed by atoms with Gasteiger partial charge in [-0.1, -0.05) is 23.2 Å². The summed E-state index contributed by atoms with van der Waals surface area (Å²) < 4.78 is 12.5. The van der Waals surface area contributed by atoms with E-state index in [1.165, 1.54) is 0 Å². The predicted molar refractivity (Wildman–Crippen MR) is 39.0 cm³/mol. The standard InChI is InChI=1S/C6H4Cl2FN/c1-3-5(7)4(9)2-10-6(3)8/h2H,1H3. The summed E-state index contributed by atoms with van der Waals surface area (Å²) in [5.74, 6) is -0.538. The smallest absolute Gasteiger partial charge is 0.160 e. The molecule has 0 bridgehead atoms. The van der Waals surface area contributed by atoms with Crippen molar-refractivity contribution in [2.24, 2.45) is 0 Å². The second-order valence-corrected chi connectivity index (χ2v) is 2.57. The fraction of sp³-hybridized carbons (Fsp3) is 0.167. The van der Waals surface area contributed by atoms with E-state index in [0.29, 0.717) is 5.56 Å². The van der Waals surface area contributed by atoms with Gasteiger partial charge in [0.1, 0.15) is 5.15 Å². The summed E-state index contributed by atoms with van der Waals surface area (Å²) in [6, 6.07) is 0. The Hall–Kier alpha value is -0.340. The second-order valence-electron chi connectivity index (χ2n) is 1.84. The lowest BCUT2D eigenvalue weighted by molar-refractivity contribution is 0.620. The van der Waals surface area contributed by atoms with E-state index in [2.05, 4.69) is 4.98 Å². The van der Waals surface area contributed by atoms with Gasteiger partial charge in [0.25, 0.3) is 0 Å². The van der Waals surface area contributed by atoms with Crippen molar-refractivity contribution in [3.63, 3.8) is 0 Å². The van der Waals surface area contributed by atoms with E-state index in [1.807, 2.05) is 0 Å². The topological polar surface area (TPSA) is 12.9 Å². The number of rotatable bonds is 0. The summed E-state index contributed by atoms with van der Waals surface area (Å²) >= 11 is 11.0. The molecule has 0 atom stereocenters. The molecule has 10 heavy (non-hydrogen) atoms. The van der Waals surface area contributed by atoms with Crippen molar-refractivity contribution in [2.45, 2.75) is 6.92 Å². The molecule has 0 aliphatic rings. The van der Waals surface area contributed by atoms with Gasteiger partial charge in [0.05, 0.1) is 11.2 Å². The van der Waals surface area contributed by atoms with Crippen LogP contribution in [0.4, 0.5) is 4.39 Å². The first-order chi connectivity index (χ1) is 4.63. The molecule has 0 aliphatic carbocycles. The molecule has 0 aromatic carbocycles. The Bertz CT molecular complexity index is 235. The highest BCUT2D eigenvalue weighted by Gasteiger charge is 2.06. The van der Waals surface area contributed by atoms with Crippen molar-refractivity contribution >= 4 is 23.2 Å². The van der Waals surface area contributed by atoms with Gasteiger partial charge in [-0.05, 0) is 6.92 Å². The highest BCUT2D eigenvalue weighted by atomic mass is 35.5. The molecule has 0 aliphatic heterocycles. The van der Waals surface area contributed by atoms with Crippen molar-refractivity contribution in [3.8, 4) is 0 Å². The summed E-state index contributed by atoms with van der Waals surface area (Å²) in [6.45, 7) is 1.61. The Morgan fingerprint density at radius 2 is 2.10 bits per heavy atom. The minimum Gasteiger partial charge on any atom is -0.241 e. The molecule has 0 N–H and O–H groups in total. The lowest BCUT2D eigenvalue weighted by Crippen LogP contribution is -1.86. The summed E-state index contributed by atoms with van der Waals surface area (Å²) in [5, 5.41) is 0.284. The van der Waals surface area contributed by atoms with Crippen LogP contribution in [-0.4, -0.2) is 4.98 Å². The van der Waals surface area contributed by atoms with E-state index < -0.39 is 5.82 Å². The second kappa shape index (κ2) is 2.72. The van der Waals surface area contributed by atoms with Crippen LogP contribution < -0.4 is 0 Å². The molecule has 1 nitrogen and oxygen atoms in total. The fourth-order valence-electron chi connectivity index (χ4n) is 0.537. The number of aromatic nitrogens is 1. The van der Waals surface area contributed by atoms with Crippen LogP contribution in [0, 0.1) is 12.7 Å². The maximum absolute atomic E-state index is 12.5. The average molecular weight is 180 g/mol. The Labute approximate surface area is 67.8 Å². The largest absolute Gasteiger partial charge is 0.241 e. The van der Waals surface area contributed by atoms with E-state index in [4.69, 9.17) is 23.2 Å². The molecule has 0 unspecified atom stereocenters. The predicted octanol–water partition coefficient (Wildman–Crippen LogP) is 2.84. The third-order valence-corrected chi connectivity index (χ3v) is 1.98. The van der Waals surface area contributed by atoms with E-state index in [0.717, 1.165) is 6.20 Å². The summed E-state index contributed by atoms with van der Waals surface area (Å²) in [7, 11) is 0. The number of hydrogen-bond donors (Lipinski definition) is 0. The molecular formula is C6H4Cl2FN. The first kappa shape index (κ1) is 7.76. The monoisotopic (exact) mass is 179 g/mol. The minimum atomic E-state index is -0.538. The molecule has 0 fully saturated rings. The zero-order valence-corrected chi connectivity index (χ0v) is 6.67. The van der Waals surface area contributed by atoms with Gasteiger partial charge in [0.15, 0.2) is 5.82 Å². The van der Waals surface area contributed by atoms with Crippen molar-refractivity contribution in [2.75, 3.05) is 0 Å². The third kappa shape index (κ3) is 1.22. The van der Waals surface area contributed by atoms with Crippen LogP contribution in [0.1, 0.15) is 5.56 Å². The van der Waals surface area contributed by atoms with Gasteiger partial charge in [-0.3, -0.25) is 0 Å². The van der Waals surface area contributed by atoms with Gasteiger partial charge in [-0.15, -0.1) is 0 Å². The maximum atomic E-state index is 12.5. The Balaban J connectivity index is 3.34. The van der Waals surface area contributed by atoms with Crippen LogP contribution in [0.3, 0.4) is 0 Å². The molecule has 0 radical (unpaired) electrons. The van der Waals surface area contributed by atoms with Crippen LogP contribution in [0.2, 0.25) is 10.2 Å². The van der Waals surface area contributed by atoms with Gasteiger partial charge in [-0.25, -0.2) is 9.37 Å². The average Bonchev–Trinajstić information content (AvgIpc) is 1.93. The van der Waals surface area contributed by atoms with Crippen molar-refractivity contribution < 1.29 is 4.39 Å². The van der Waals surface area contributed by atoms with E-state index >= 15 is 0 Å². The zero-order chi connectivity index (χ0) is 7.72. The Kier molecular flexibility index (Phi) is 2.11. The zero-order valence-electron chi connectivity index (χ0n) is 5.16. The molecule has 1 aromatic heterocycles. The normalized spacial score (nSPS) is 10.0. The number of hydrogen-bond acceptors (Lipinski definition) is 1. The van der Waals surface area contributed by atoms with Gasteiger partial charge in [0, 0.05) is 5.56 Å². The molecule has 4 heteroatoms. The molecule has 1 heterocycles. The van der Waals surface area contributed by atoms with Gasteiger partial charge in [-0.2, -0.15) is 0 Å². The molecule has 0 amide bonds. The first-order valence-corrected chi connectivity index (χ1v) is 3.34. The highest BCUT2D eigenvalue weighted by Crippen LogP contribution is 2.23. The van der Waals surface area contributed by atoms with E-state index in [-0.39, 0.29) is 10.2 Å². The molecule has 0 saturated heterocycles. The summed E-state index contributed by atoms with van der Waals surface area (Å²) in [6.07, 6.45) is 0.998. The molecule has 1 rings (SSSR count). The highest BCUT2D eigenvalue weighted by molar-refractivity contribution is 6.35. The van der Waals surface area contributed by atoms with Crippen LogP contribution in [-0.2, 0) is 0 Å². The molecule has 1 aromatic rings. The van der Waals surface area contributed by atoms with Crippen LogP contribution in [0.15, 0.2) is 6.20 Å².